The minimum atomic E-state index is -0.436. The zero-order valence-corrected chi connectivity index (χ0v) is 13.5. The molecule has 0 saturated carbocycles. The number of carbonyl (C=O) groups excluding carboxylic acids is 1. The Morgan fingerprint density at radius 3 is 2.19 bits per heavy atom. The molecule has 0 unspecified atom stereocenters. The van der Waals surface area contributed by atoms with Gasteiger partial charge in [0.25, 0.3) is 0 Å². The molecule has 2 N–H and O–H groups in total. The van der Waals surface area contributed by atoms with E-state index in [0.29, 0.717) is 0 Å². The lowest BCUT2D eigenvalue weighted by Crippen LogP contribution is -2.45. The van der Waals surface area contributed by atoms with E-state index in [4.69, 9.17) is 10.5 Å². The summed E-state index contributed by atoms with van der Waals surface area (Å²) in [6, 6.07) is 8.08. The van der Waals surface area contributed by atoms with Gasteiger partial charge >= 0.3 is 6.09 Å². The highest BCUT2D eigenvalue weighted by Crippen LogP contribution is 2.35. The lowest BCUT2D eigenvalue weighted by Gasteiger charge is -2.40. The first kappa shape index (κ1) is 15.7. The molecule has 2 rings (SSSR count). The van der Waals surface area contributed by atoms with Crippen molar-refractivity contribution < 1.29 is 9.53 Å². The van der Waals surface area contributed by atoms with Crippen molar-refractivity contribution in [1.82, 2.24) is 4.90 Å². The molecule has 0 aliphatic carbocycles. The molecular weight excluding hydrogens is 264 g/mol. The van der Waals surface area contributed by atoms with Crippen molar-refractivity contribution in [3.05, 3.63) is 29.8 Å². The highest BCUT2D eigenvalue weighted by atomic mass is 16.6. The van der Waals surface area contributed by atoms with Crippen LogP contribution in [0.3, 0.4) is 0 Å². The summed E-state index contributed by atoms with van der Waals surface area (Å²) >= 11 is 0. The van der Waals surface area contributed by atoms with Gasteiger partial charge in [-0.3, -0.25) is 0 Å². The molecule has 116 valence electrons. The molecule has 1 fully saturated rings. The van der Waals surface area contributed by atoms with Gasteiger partial charge in [-0.25, -0.2) is 4.79 Å². The second-order valence-corrected chi connectivity index (χ2v) is 7.15. The van der Waals surface area contributed by atoms with Gasteiger partial charge < -0.3 is 15.4 Å². The van der Waals surface area contributed by atoms with Crippen molar-refractivity contribution in [3.63, 3.8) is 0 Å². The molecule has 1 saturated heterocycles. The lowest BCUT2D eigenvalue weighted by atomic mass is 9.74. The molecule has 1 aliphatic rings. The Morgan fingerprint density at radius 2 is 1.71 bits per heavy atom. The van der Waals surface area contributed by atoms with E-state index in [1.807, 2.05) is 37.8 Å². The van der Waals surface area contributed by atoms with E-state index in [9.17, 15) is 4.79 Å². The van der Waals surface area contributed by atoms with Crippen LogP contribution in [0, 0.1) is 0 Å². The fourth-order valence-corrected chi connectivity index (χ4v) is 2.68. The van der Waals surface area contributed by atoms with Crippen LogP contribution >= 0.6 is 0 Å². The van der Waals surface area contributed by atoms with Crippen molar-refractivity contribution in [3.8, 4) is 0 Å². The largest absolute Gasteiger partial charge is 0.444 e. The van der Waals surface area contributed by atoms with Gasteiger partial charge in [-0.1, -0.05) is 19.1 Å². The number of rotatable bonds is 1. The number of amides is 1. The highest BCUT2D eigenvalue weighted by Gasteiger charge is 2.34. The van der Waals surface area contributed by atoms with Crippen molar-refractivity contribution in [2.24, 2.45) is 0 Å². The topological polar surface area (TPSA) is 55.6 Å². The first-order chi connectivity index (χ1) is 9.70. The molecule has 21 heavy (non-hydrogen) atoms. The maximum absolute atomic E-state index is 12.1. The summed E-state index contributed by atoms with van der Waals surface area (Å²) in [5.41, 5.74) is 7.50. The van der Waals surface area contributed by atoms with Crippen molar-refractivity contribution in [2.45, 2.75) is 51.6 Å². The number of hydrogen-bond donors (Lipinski definition) is 1. The predicted octanol–water partition coefficient (Wildman–Crippen LogP) is 3.56. The molecule has 0 bridgehead atoms. The summed E-state index contributed by atoms with van der Waals surface area (Å²) in [5.74, 6) is 0. The molecule has 4 heteroatoms. The standard InChI is InChI=1S/C17H26N2O2/c1-16(2,3)21-15(20)19-11-9-17(4,10-12-19)13-5-7-14(18)8-6-13/h5-8H,9-12,18H2,1-4H3. The van der Waals surface area contributed by atoms with Crippen LogP contribution < -0.4 is 5.73 Å². The first-order valence-corrected chi connectivity index (χ1v) is 7.54. The van der Waals surface area contributed by atoms with Crippen molar-refractivity contribution in [1.29, 1.82) is 0 Å². The molecular formula is C17H26N2O2. The third-order valence-corrected chi connectivity index (χ3v) is 4.13. The molecule has 0 spiro atoms. The average molecular weight is 290 g/mol. The number of piperidine rings is 1. The molecule has 0 atom stereocenters. The Kier molecular flexibility index (Phi) is 4.17. The maximum Gasteiger partial charge on any atom is 0.410 e. The summed E-state index contributed by atoms with van der Waals surface area (Å²) in [6.07, 6.45) is 1.67. The minimum absolute atomic E-state index is 0.103. The summed E-state index contributed by atoms with van der Waals surface area (Å²) in [7, 11) is 0. The van der Waals surface area contributed by atoms with Gasteiger partial charge in [-0.2, -0.15) is 0 Å². The van der Waals surface area contributed by atoms with E-state index < -0.39 is 5.60 Å². The zero-order valence-electron chi connectivity index (χ0n) is 13.5. The van der Waals surface area contributed by atoms with E-state index in [1.165, 1.54) is 5.56 Å². The number of carbonyl (C=O) groups is 1. The number of nitrogens with two attached hydrogens (primary N) is 1. The van der Waals surface area contributed by atoms with Crippen LogP contribution in [0.2, 0.25) is 0 Å². The highest BCUT2D eigenvalue weighted by molar-refractivity contribution is 5.68. The van der Waals surface area contributed by atoms with Crippen LogP contribution in [-0.2, 0) is 10.2 Å². The Morgan fingerprint density at radius 1 is 1.19 bits per heavy atom. The molecule has 0 radical (unpaired) electrons. The second kappa shape index (κ2) is 5.58. The smallest absolute Gasteiger partial charge is 0.410 e. The summed E-state index contributed by atoms with van der Waals surface area (Å²) in [6.45, 7) is 9.41. The number of benzene rings is 1. The summed E-state index contributed by atoms with van der Waals surface area (Å²) < 4.78 is 5.44. The third kappa shape index (κ3) is 3.90. The third-order valence-electron chi connectivity index (χ3n) is 4.13. The fraction of sp³-hybridized carbons (Fsp3) is 0.588. The van der Waals surface area contributed by atoms with Crippen LogP contribution in [0.1, 0.15) is 46.1 Å². The molecule has 1 aliphatic heterocycles. The van der Waals surface area contributed by atoms with Crippen LogP contribution in [0.4, 0.5) is 10.5 Å². The molecule has 1 aromatic rings. The minimum Gasteiger partial charge on any atom is -0.444 e. The predicted molar refractivity (Wildman–Crippen MR) is 85.2 cm³/mol. The number of hydrogen-bond acceptors (Lipinski definition) is 3. The van der Waals surface area contributed by atoms with Crippen molar-refractivity contribution in [2.75, 3.05) is 18.8 Å². The molecule has 4 nitrogen and oxygen atoms in total. The van der Waals surface area contributed by atoms with Gasteiger partial charge in [-0.15, -0.1) is 0 Å². The lowest BCUT2D eigenvalue weighted by molar-refractivity contribution is 0.0172. The fourth-order valence-electron chi connectivity index (χ4n) is 2.68. The zero-order chi connectivity index (χ0) is 15.7. The Balaban J connectivity index is 1.99. The van der Waals surface area contributed by atoms with Gasteiger partial charge in [0.2, 0.25) is 0 Å². The van der Waals surface area contributed by atoms with Crippen LogP contribution in [-0.4, -0.2) is 29.7 Å². The molecule has 1 heterocycles. The number of anilines is 1. The van der Waals surface area contributed by atoms with E-state index in [2.05, 4.69) is 19.1 Å². The van der Waals surface area contributed by atoms with E-state index in [1.54, 1.807) is 0 Å². The average Bonchev–Trinajstić information content (AvgIpc) is 2.38. The quantitative estimate of drug-likeness (QED) is 0.805. The number of nitrogen functional groups attached to an aromatic ring is 1. The Bertz CT molecular complexity index is 495. The second-order valence-electron chi connectivity index (χ2n) is 7.15. The number of ether oxygens (including phenoxy) is 1. The van der Waals surface area contributed by atoms with Gasteiger partial charge in [0, 0.05) is 18.8 Å². The number of nitrogens with zero attached hydrogens (tertiary/aromatic N) is 1. The van der Waals surface area contributed by atoms with Crippen LogP contribution in [0.5, 0.6) is 0 Å². The number of likely N-dealkylation sites (tertiary alicyclic amines) is 1. The molecule has 1 aromatic carbocycles. The van der Waals surface area contributed by atoms with Crippen LogP contribution in [0.25, 0.3) is 0 Å². The Labute approximate surface area is 127 Å². The normalized spacial score (nSPS) is 18.4. The van der Waals surface area contributed by atoms with Gasteiger partial charge in [0.15, 0.2) is 0 Å². The van der Waals surface area contributed by atoms with Gasteiger partial charge in [0.1, 0.15) is 5.60 Å². The monoisotopic (exact) mass is 290 g/mol. The summed E-state index contributed by atoms with van der Waals surface area (Å²) in [4.78, 5) is 13.9. The van der Waals surface area contributed by atoms with Gasteiger partial charge in [0.05, 0.1) is 0 Å². The van der Waals surface area contributed by atoms with Crippen molar-refractivity contribution >= 4 is 11.8 Å². The van der Waals surface area contributed by atoms with E-state index in [-0.39, 0.29) is 11.5 Å². The SMILES string of the molecule is CC(C)(C)OC(=O)N1CCC(C)(c2ccc(N)cc2)CC1. The van der Waals surface area contributed by atoms with Gasteiger partial charge in [-0.05, 0) is 56.7 Å². The van der Waals surface area contributed by atoms with E-state index in [0.717, 1.165) is 31.6 Å². The molecule has 0 aromatic heterocycles. The Hall–Kier alpha value is -1.71. The molecule has 1 amide bonds. The summed E-state index contributed by atoms with van der Waals surface area (Å²) in [5, 5.41) is 0. The van der Waals surface area contributed by atoms with E-state index >= 15 is 0 Å². The van der Waals surface area contributed by atoms with Crippen LogP contribution in [0.15, 0.2) is 24.3 Å². The maximum atomic E-state index is 12.1. The first-order valence-electron chi connectivity index (χ1n) is 7.54.